The zero-order valence-corrected chi connectivity index (χ0v) is 34.7. The fourth-order valence-electron chi connectivity index (χ4n) is 8.78. The summed E-state index contributed by atoms with van der Waals surface area (Å²) in [5.74, 6) is -0.784. The lowest BCUT2D eigenvalue weighted by Crippen LogP contribution is -2.49. The number of benzene rings is 1. The van der Waals surface area contributed by atoms with E-state index in [9.17, 15) is 22.4 Å². The Hall–Kier alpha value is -5.92. The lowest BCUT2D eigenvalue weighted by atomic mass is 9.91. The second-order valence-corrected chi connectivity index (χ2v) is 18.0. The first-order valence-electron chi connectivity index (χ1n) is 20.9. The Morgan fingerprint density at radius 1 is 0.806 bits per heavy atom. The van der Waals surface area contributed by atoms with E-state index < -0.39 is 33.7 Å². The lowest BCUT2D eigenvalue weighted by Gasteiger charge is -2.39. The van der Waals surface area contributed by atoms with Crippen LogP contribution in [0.3, 0.4) is 0 Å². The highest BCUT2D eigenvalue weighted by Crippen LogP contribution is 2.37. The summed E-state index contributed by atoms with van der Waals surface area (Å²) in [6.07, 6.45) is 9.84. The Balaban J connectivity index is 0.825. The maximum atomic E-state index is 16.2. The van der Waals surface area contributed by atoms with Gasteiger partial charge in [-0.1, -0.05) is 6.07 Å². The number of aromatic nitrogens is 5. The Kier molecular flexibility index (Phi) is 11.7. The molecule has 8 heterocycles. The van der Waals surface area contributed by atoms with E-state index in [-0.39, 0.29) is 48.4 Å². The molecule has 2 amide bonds. The van der Waals surface area contributed by atoms with Gasteiger partial charge in [0.25, 0.3) is 0 Å². The molecule has 62 heavy (non-hydrogen) atoms. The van der Waals surface area contributed by atoms with Gasteiger partial charge in [0.15, 0.2) is 11.6 Å². The number of carbonyl (C=O) groups excluding carboxylic acids is 2. The monoisotopic (exact) mass is 869 g/mol. The van der Waals surface area contributed by atoms with Crippen molar-refractivity contribution in [1.82, 2.24) is 39.3 Å². The van der Waals surface area contributed by atoms with Crippen molar-refractivity contribution in [1.29, 1.82) is 0 Å². The number of nitrogens with one attached hydrogen (secondary N) is 2. The van der Waals surface area contributed by atoms with E-state index in [1.165, 1.54) is 10.9 Å². The molecular formula is C43H46F3N11O4S. The van der Waals surface area contributed by atoms with Gasteiger partial charge in [-0.15, -0.1) is 0 Å². The number of halogens is 3. The van der Waals surface area contributed by atoms with Crippen LogP contribution in [-0.2, 0) is 19.8 Å². The average Bonchev–Trinajstić information content (AvgIpc) is 3.94. The van der Waals surface area contributed by atoms with Gasteiger partial charge >= 0.3 is 10.2 Å². The quantitative estimate of drug-likeness (QED) is 0.173. The number of hydrogen-bond acceptors (Lipinski definition) is 11. The molecule has 15 nitrogen and oxygen atoms in total. The van der Waals surface area contributed by atoms with Gasteiger partial charge in [0.2, 0.25) is 11.8 Å². The molecule has 0 aliphatic carbocycles. The summed E-state index contributed by atoms with van der Waals surface area (Å²) >= 11 is 0. The van der Waals surface area contributed by atoms with Crippen molar-refractivity contribution in [3.05, 3.63) is 96.7 Å². The van der Waals surface area contributed by atoms with Gasteiger partial charge in [-0.2, -0.15) is 17.8 Å². The standard InChI is InChI=1S/C43H46F3N11O4S/c44-31-11-16-56(26-31)62(60,61)52-37-22-32(45)21-35(41(37)46)36-27-57(51-42(36)29-7-12-47-13-8-29)39-5-2-33(24-49-39)54-19-17-53(18-20-54)25-28-9-14-55(15-10-28)38-4-1-30(23-48-38)34-3-6-40(58)50-43(34)59/h1-2,4-5,7-8,12-13,21-24,27-28,31,34,52H,3,6,9-11,14-20,25-26H2,(H,50,58,59)/t31-,34-/m1/s1. The highest BCUT2D eigenvalue weighted by atomic mass is 32.2. The number of rotatable bonds is 11. The van der Waals surface area contributed by atoms with Crippen molar-refractivity contribution >= 4 is 39.2 Å². The molecule has 2 atom stereocenters. The number of carbonyl (C=O) groups is 2. The smallest absolute Gasteiger partial charge is 0.301 e. The molecule has 324 valence electrons. The summed E-state index contributed by atoms with van der Waals surface area (Å²) in [6.45, 7) is 5.90. The van der Waals surface area contributed by atoms with Crippen LogP contribution in [0.25, 0.3) is 28.2 Å². The molecule has 4 saturated heterocycles. The molecule has 5 aromatic rings. The topological polar surface area (TPSA) is 162 Å². The van der Waals surface area contributed by atoms with Gasteiger partial charge in [0.1, 0.15) is 23.5 Å². The SMILES string of the molecule is O=C1CC[C@H](c2ccc(N3CCC(CN4CCN(c5ccc(-n6cc(-c7cc(F)cc(NS(=O)(=O)N8CC[C@@H](F)C8)c7F)c(-c7ccncc7)n6)nc5)CC4)CC3)nc2)C(=O)N1. The van der Waals surface area contributed by atoms with E-state index in [2.05, 4.69) is 34.7 Å². The summed E-state index contributed by atoms with van der Waals surface area (Å²) in [6, 6.07) is 12.8. The third-order valence-corrected chi connectivity index (χ3v) is 13.7. The zero-order valence-electron chi connectivity index (χ0n) is 33.8. The largest absolute Gasteiger partial charge is 0.368 e. The molecule has 4 aromatic heterocycles. The molecule has 1 aromatic carbocycles. The number of nitrogens with zero attached hydrogens (tertiary/aromatic N) is 9. The van der Waals surface area contributed by atoms with Crippen molar-refractivity contribution in [2.75, 3.05) is 73.4 Å². The number of amides is 2. The van der Waals surface area contributed by atoms with Crippen molar-refractivity contribution in [2.24, 2.45) is 5.92 Å². The molecule has 9 rings (SSSR count). The third-order valence-electron chi connectivity index (χ3n) is 12.2. The first kappa shape index (κ1) is 41.4. The van der Waals surface area contributed by atoms with Crippen molar-refractivity contribution in [3.63, 3.8) is 0 Å². The van der Waals surface area contributed by atoms with Crippen molar-refractivity contribution in [3.8, 4) is 28.2 Å². The zero-order chi connectivity index (χ0) is 43.0. The van der Waals surface area contributed by atoms with Crippen LogP contribution >= 0.6 is 0 Å². The fourth-order valence-corrected chi connectivity index (χ4v) is 10.0. The van der Waals surface area contributed by atoms with Crippen LogP contribution < -0.4 is 19.8 Å². The molecule has 0 unspecified atom stereocenters. The maximum absolute atomic E-state index is 16.2. The minimum Gasteiger partial charge on any atom is -0.368 e. The highest BCUT2D eigenvalue weighted by Gasteiger charge is 2.33. The predicted molar refractivity (Wildman–Crippen MR) is 227 cm³/mol. The summed E-state index contributed by atoms with van der Waals surface area (Å²) in [4.78, 5) is 44.4. The van der Waals surface area contributed by atoms with Crippen LogP contribution in [-0.4, -0.2) is 119 Å². The van der Waals surface area contributed by atoms with Gasteiger partial charge in [-0.3, -0.25) is 29.5 Å². The normalized spacial score (nSPS) is 20.8. The molecular weight excluding hydrogens is 824 g/mol. The molecule has 0 bridgehead atoms. The van der Waals surface area contributed by atoms with E-state index in [0.717, 1.165) is 92.2 Å². The number of imide groups is 1. The van der Waals surface area contributed by atoms with Crippen LogP contribution in [0.15, 0.2) is 79.5 Å². The molecule has 19 heteroatoms. The van der Waals surface area contributed by atoms with E-state index in [1.807, 2.05) is 24.3 Å². The van der Waals surface area contributed by atoms with Gasteiger partial charge in [-0.25, -0.2) is 27.8 Å². The maximum Gasteiger partial charge on any atom is 0.301 e. The summed E-state index contributed by atoms with van der Waals surface area (Å²) in [5.41, 5.74) is 2.03. The summed E-state index contributed by atoms with van der Waals surface area (Å²) in [5, 5.41) is 7.15. The molecule has 4 aliphatic rings. The van der Waals surface area contributed by atoms with Crippen molar-refractivity contribution in [2.45, 2.75) is 44.2 Å². The Labute approximate surface area is 357 Å². The number of piperidine rings is 2. The van der Waals surface area contributed by atoms with Gasteiger partial charge in [-0.05, 0) is 73.6 Å². The lowest BCUT2D eigenvalue weighted by molar-refractivity contribution is -0.134. The predicted octanol–water partition coefficient (Wildman–Crippen LogP) is 4.93. The fraction of sp³-hybridized carbons (Fsp3) is 0.395. The van der Waals surface area contributed by atoms with Crippen LogP contribution in [0.1, 0.15) is 43.6 Å². The van der Waals surface area contributed by atoms with Crippen LogP contribution in [0, 0.1) is 17.6 Å². The minimum absolute atomic E-state index is 0.0223. The Morgan fingerprint density at radius 2 is 1.56 bits per heavy atom. The van der Waals surface area contributed by atoms with E-state index in [1.54, 1.807) is 36.9 Å². The van der Waals surface area contributed by atoms with E-state index in [0.29, 0.717) is 35.8 Å². The first-order valence-corrected chi connectivity index (χ1v) is 22.3. The number of alkyl halides is 1. The molecule has 2 N–H and O–H groups in total. The van der Waals surface area contributed by atoms with Gasteiger partial charge in [0, 0.05) is 113 Å². The van der Waals surface area contributed by atoms with Crippen LogP contribution in [0.2, 0.25) is 0 Å². The number of hydrogen-bond donors (Lipinski definition) is 2. The Morgan fingerprint density at radius 3 is 2.24 bits per heavy atom. The highest BCUT2D eigenvalue weighted by molar-refractivity contribution is 7.90. The second-order valence-electron chi connectivity index (χ2n) is 16.3. The van der Waals surface area contributed by atoms with E-state index >= 15 is 8.78 Å². The first-order chi connectivity index (χ1) is 30.0. The molecule has 0 radical (unpaired) electrons. The van der Waals surface area contributed by atoms with Crippen LogP contribution in [0.5, 0.6) is 0 Å². The summed E-state index contributed by atoms with van der Waals surface area (Å²) < 4.78 is 75.6. The Bertz CT molecular complexity index is 2530. The molecule has 4 aliphatic heterocycles. The molecule has 0 saturated carbocycles. The number of anilines is 3. The second kappa shape index (κ2) is 17.5. The molecule has 0 spiro atoms. The number of pyridine rings is 3. The van der Waals surface area contributed by atoms with Gasteiger partial charge < -0.3 is 9.80 Å². The van der Waals surface area contributed by atoms with Gasteiger partial charge in [0.05, 0.1) is 23.5 Å². The minimum atomic E-state index is -4.35. The van der Waals surface area contributed by atoms with Crippen LogP contribution in [0.4, 0.5) is 30.4 Å². The third kappa shape index (κ3) is 8.87. The number of piperazine rings is 1. The van der Waals surface area contributed by atoms with E-state index in [4.69, 9.17) is 10.1 Å². The summed E-state index contributed by atoms with van der Waals surface area (Å²) in [7, 11) is -4.35. The molecule has 4 fully saturated rings. The average molecular weight is 870 g/mol. The van der Waals surface area contributed by atoms with Crippen molar-refractivity contribution < 1.29 is 31.2 Å².